The van der Waals surface area contributed by atoms with Crippen molar-refractivity contribution in [2.75, 3.05) is 38.8 Å². The molecule has 58 heavy (non-hydrogen) atoms. The molecule has 25 nitrogen and oxygen atoms in total. The van der Waals surface area contributed by atoms with Crippen LogP contribution in [0.4, 0.5) is 15.4 Å². The molecule has 324 valence electrons. The Morgan fingerprint density at radius 2 is 1.88 bits per heavy atom. The first kappa shape index (κ1) is 44.5. The van der Waals surface area contributed by atoms with Gasteiger partial charge in [-0.1, -0.05) is 0 Å². The molecule has 0 saturated carbocycles. The van der Waals surface area contributed by atoms with Gasteiger partial charge in [-0.05, 0) is 33.8 Å². The predicted octanol–water partition coefficient (Wildman–Crippen LogP) is 2.27. The van der Waals surface area contributed by atoms with E-state index in [4.69, 9.17) is 61.5 Å². The number of anilines is 1. The first-order valence-corrected chi connectivity index (χ1v) is 22.3. The molecule has 4 unspecified atom stereocenters. The fourth-order valence-corrected chi connectivity index (χ4v) is 10.0. The Hall–Kier alpha value is -3.04. The summed E-state index contributed by atoms with van der Waals surface area (Å²) in [6, 6.07) is -0.835. The van der Waals surface area contributed by atoms with E-state index >= 15 is 0 Å². The van der Waals surface area contributed by atoms with Crippen molar-refractivity contribution < 1.29 is 84.7 Å². The average Bonchev–Trinajstić information content (AvgIpc) is 3.84. The van der Waals surface area contributed by atoms with Crippen molar-refractivity contribution >= 4 is 55.2 Å². The third-order valence-electron chi connectivity index (χ3n) is 8.43. The van der Waals surface area contributed by atoms with Crippen molar-refractivity contribution in [3.8, 4) is 0 Å². The fraction of sp³-hybridized carbons (Fsp3) is 0.700. The molecule has 6 rings (SSSR count). The number of nitrogen functional groups attached to an aromatic ring is 1. The first-order chi connectivity index (χ1) is 27.6. The van der Waals surface area contributed by atoms with Crippen LogP contribution in [0, 0.1) is 0 Å². The lowest BCUT2D eigenvalue weighted by molar-refractivity contribution is -0.295. The van der Waals surface area contributed by atoms with Gasteiger partial charge in [0, 0.05) is 31.1 Å². The monoisotopic (exact) mass is 885 g/mol. The minimum absolute atomic E-state index is 0.0681. The number of nitrogens with two attached hydrogens (primary N) is 1. The maximum absolute atomic E-state index is 14.7. The second kappa shape index (κ2) is 19.1. The number of imidazole rings is 1. The molecule has 3 fully saturated rings. The van der Waals surface area contributed by atoms with Crippen LogP contribution in [0.25, 0.3) is 11.2 Å². The summed E-state index contributed by atoms with van der Waals surface area (Å²) in [5, 5.41) is 22.4. The maximum Gasteiger partial charge on any atom is 0.509 e. The van der Waals surface area contributed by atoms with Crippen LogP contribution < -0.4 is 11.1 Å². The molecule has 4 bridgehead atoms. The summed E-state index contributed by atoms with van der Waals surface area (Å²) in [4.78, 5) is 38.8. The van der Waals surface area contributed by atoms with Gasteiger partial charge in [0.15, 0.2) is 36.7 Å². The number of amides is 2. The number of ether oxygens (including phenoxy) is 7. The number of rotatable bonds is 13. The summed E-state index contributed by atoms with van der Waals surface area (Å²) < 4.78 is 99.0. The third-order valence-corrected chi connectivity index (χ3v) is 13.2. The summed E-state index contributed by atoms with van der Waals surface area (Å²) in [7, 11) is -3.51. The van der Waals surface area contributed by atoms with E-state index in [0.717, 1.165) is 4.90 Å². The Labute approximate surface area is 334 Å². The molecule has 4 aliphatic rings. The van der Waals surface area contributed by atoms with Crippen molar-refractivity contribution in [3.63, 3.8) is 0 Å². The van der Waals surface area contributed by atoms with E-state index in [9.17, 15) is 28.9 Å². The van der Waals surface area contributed by atoms with Crippen LogP contribution in [0.1, 0.15) is 40.3 Å². The van der Waals surface area contributed by atoms with Gasteiger partial charge < -0.3 is 54.4 Å². The number of fused-ring (bicyclic) bond motifs is 5. The molecular formula is C30H45N7O18P2S. The molecule has 0 aromatic carbocycles. The van der Waals surface area contributed by atoms with Gasteiger partial charge in [0.25, 0.3) is 6.48 Å². The fourth-order valence-electron chi connectivity index (χ4n) is 6.02. The molecule has 6 heterocycles. The summed E-state index contributed by atoms with van der Waals surface area (Å²) in [6.45, 7) is -1.67. The van der Waals surface area contributed by atoms with Crippen molar-refractivity contribution in [3.05, 3.63) is 24.9 Å². The number of nitrogens with zero attached hydrogens (tertiary/aromatic N) is 5. The number of carbonyl (C=O) groups is 2. The number of aliphatic hydroxyl groups excluding tert-OH is 2. The molecule has 0 aliphatic carbocycles. The number of aliphatic hydroxyl groups is 2. The standard InChI is InChI=1S/C30H45N7O18P2S/c1-15(2)50-29(40)45-13-49-56(42)47-10-19-22(44-5)23(27(53-19)36-7-6-20(38)35-28(36)39)55-57(43,58-14-46-30(41)51-16(3)4)48-9-17-8-18(54-56)26(52-17)37-12-34-21-24(31)32-11-33-25(21)37/h6-7,11-12,15-20,22-23,26-27,29,38,40H,8-10,13-14H2,1-5H3,(H,35,39)(H2,31,32,33)/t17-,18+,19+,20?,22+,23+,26+,27+,29?,56?,57?/m0/s1. The molecule has 2 amide bonds. The van der Waals surface area contributed by atoms with Crippen molar-refractivity contribution in [1.29, 1.82) is 0 Å². The van der Waals surface area contributed by atoms with Crippen LogP contribution in [0.2, 0.25) is 0 Å². The van der Waals surface area contributed by atoms with Gasteiger partial charge >= 0.3 is 26.8 Å². The largest absolute Gasteiger partial charge is 0.509 e. The number of phosphoric acid groups is 1. The van der Waals surface area contributed by atoms with Crippen molar-refractivity contribution in [2.45, 2.75) is 102 Å². The molecule has 0 spiro atoms. The highest BCUT2D eigenvalue weighted by Crippen LogP contribution is 2.63. The number of hydrogen-bond acceptors (Lipinski definition) is 23. The van der Waals surface area contributed by atoms with Gasteiger partial charge in [0.1, 0.15) is 42.5 Å². The Morgan fingerprint density at radius 3 is 2.60 bits per heavy atom. The maximum atomic E-state index is 14.7. The van der Waals surface area contributed by atoms with Gasteiger partial charge in [0.2, 0.25) is 0 Å². The van der Waals surface area contributed by atoms with Crippen LogP contribution >= 0.6 is 26.0 Å². The molecule has 5 N–H and O–H groups in total. The molecule has 28 heteroatoms. The van der Waals surface area contributed by atoms with E-state index in [1.807, 2.05) is 0 Å². The lowest BCUT2D eigenvalue weighted by Gasteiger charge is -2.34. The summed E-state index contributed by atoms with van der Waals surface area (Å²) in [5.74, 6) is -0.498. The highest BCUT2D eigenvalue weighted by atomic mass is 32.7. The number of hydrogen-bond donors (Lipinski definition) is 4. The number of urea groups is 1. The average molecular weight is 886 g/mol. The quantitative estimate of drug-likeness (QED) is 0.127. The summed E-state index contributed by atoms with van der Waals surface area (Å²) >= 11 is 0.485. The smallest absolute Gasteiger partial charge is 0.432 e. The minimum atomic E-state index is -4.78. The lowest BCUT2D eigenvalue weighted by Crippen LogP contribution is -2.53. The molecule has 4 aliphatic heterocycles. The highest BCUT2D eigenvalue weighted by molar-refractivity contribution is 8.55. The highest BCUT2D eigenvalue weighted by Gasteiger charge is 2.55. The normalized spacial score (nSPS) is 33.7. The van der Waals surface area contributed by atoms with E-state index in [1.165, 1.54) is 36.6 Å². The van der Waals surface area contributed by atoms with E-state index in [-0.39, 0.29) is 23.4 Å². The van der Waals surface area contributed by atoms with Crippen molar-refractivity contribution in [1.82, 2.24) is 29.7 Å². The Morgan fingerprint density at radius 1 is 1.09 bits per heavy atom. The molecule has 2 aromatic rings. The second-order valence-electron chi connectivity index (χ2n) is 13.3. The lowest BCUT2D eigenvalue weighted by atomic mass is 10.1. The number of nitrogens with one attached hydrogen (secondary N) is 1. The molecule has 2 aromatic heterocycles. The van der Waals surface area contributed by atoms with Crippen molar-refractivity contribution in [2.24, 2.45) is 0 Å². The molecule has 11 atom stereocenters. The van der Waals surface area contributed by atoms with Gasteiger partial charge in [-0.2, -0.15) is 0 Å². The van der Waals surface area contributed by atoms with E-state index in [0.29, 0.717) is 11.4 Å². The molecule has 3 saturated heterocycles. The van der Waals surface area contributed by atoms with Crippen LogP contribution in [-0.2, 0) is 64.9 Å². The summed E-state index contributed by atoms with van der Waals surface area (Å²) in [6.07, 6.45) is -7.16. The first-order valence-electron chi connectivity index (χ1n) is 17.7. The predicted molar refractivity (Wildman–Crippen MR) is 195 cm³/mol. The van der Waals surface area contributed by atoms with Gasteiger partial charge in [-0.25, -0.2) is 33.7 Å². The number of aromatic nitrogens is 4. The minimum Gasteiger partial charge on any atom is -0.432 e. The van der Waals surface area contributed by atoms with Crippen LogP contribution in [0.15, 0.2) is 24.9 Å². The number of phosphoric ester groups is 1. The van der Waals surface area contributed by atoms with E-state index in [1.54, 1.807) is 27.7 Å². The topological polar surface area (TPSA) is 304 Å². The Balaban J connectivity index is 1.35. The van der Waals surface area contributed by atoms with Crippen LogP contribution in [0.3, 0.4) is 0 Å². The van der Waals surface area contributed by atoms with E-state index < -0.39 is 121 Å². The van der Waals surface area contributed by atoms with Gasteiger partial charge in [0.05, 0.1) is 37.9 Å². The number of methoxy groups -OCH3 is 1. The second-order valence-corrected chi connectivity index (χ2v) is 18.9. The zero-order valence-electron chi connectivity index (χ0n) is 31.7. The molecule has 0 radical (unpaired) electrons. The Kier molecular flexibility index (Phi) is 14.7. The van der Waals surface area contributed by atoms with Gasteiger partial charge in [-0.3, -0.25) is 32.1 Å². The number of carbonyl (C=O) groups excluding carboxylic acids is 2. The zero-order chi connectivity index (χ0) is 41.8. The van der Waals surface area contributed by atoms with Crippen LogP contribution in [0.5, 0.6) is 0 Å². The SMILES string of the molecule is CO[C@H]1[C@H]2OP(=O)(SCOC(=O)OC(C)C)OC[C@@H]3C[C@@H](OP(=O)(OCOC(O)OC(C)C)OC[C@H]1O[C@H]2N1C=CC(O)NC1=O)[C@H](n1cnc2c(N)ncnc21)O3. The third kappa shape index (κ3) is 10.8. The zero-order valence-corrected chi connectivity index (χ0v) is 34.3. The van der Waals surface area contributed by atoms with Crippen LogP contribution in [-0.4, -0.2) is 142 Å². The Bertz CT molecular complexity index is 1880. The molecular weight excluding hydrogens is 840 g/mol. The van der Waals surface area contributed by atoms with E-state index in [2.05, 4.69) is 20.3 Å². The van der Waals surface area contributed by atoms with Gasteiger partial charge in [-0.15, -0.1) is 0 Å². The summed E-state index contributed by atoms with van der Waals surface area (Å²) in [5.41, 5.74) is 6.47.